The van der Waals surface area contributed by atoms with E-state index in [-0.39, 0.29) is 17.9 Å². The molecule has 1 amide bonds. The Morgan fingerprint density at radius 2 is 1.80 bits per heavy atom. The molecule has 1 saturated carbocycles. The van der Waals surface area contributed by atoms with Crippen LogP contribution in [-0.2, 0) is 9.53 Å². The average molecular weight is 404 g/mol. The molecule has 156 valence electrons. The van der Waals surface area contributed by atoms with E-state index in [4.69, 9.17) is 9.73 Å². The van der Waals surface area contributed by atoms with Gasteiger partial charge in [0.2, 0.25) is 5.91 Å². The van der Waals surface area contributed by atoms with Crippen molar-refractivity contribution in [1.29, 1.82) is 0 Å². The van der Waals surface area contributed by atoms with Crippen LogP contribution in [0.15, 0.2) is 53.5 Å². The highest BCUT2D eigenvalue weighted by Crippen LogP contribution is 2.46. The Bertz CT molecular complexity index is 962. The number of para-hydroxylation sites is 1. The molecule has 1 saturated heterocycles. The second-order valence-electron chi connectivity index (χ2n) is 8.64. The molecule has 0 spiro atoms. The van der Waals surface area contributed by atoms with Gasteiger partial charge in [0.05, 0.1) is 30.3 Å². The van der Waals surface area contributed by atoms with Gasteiger partial charge in [-0.2, -0.15) is 0 Å². The molecule has 2 atom stereocenters. The van der Waals surface area contributed by atoms with Crippen LogP contribution in [0, 0.1) is 11.8 Å². The Labute approximate surface area is 178 Å². The molecule has 2 heterocycles. The normalized spacial score (nSPS) is 25.3. The standard InChI is InChI=1S/C25H29N3O2/c1-17-24(26-20-6-4-3-5-7-20)22-16-21(27-12-14-30-15-13-27)10-11-23(22)28(18(2)29)25(17)19-8-9-19/h3-7,10-11,16-17,19,25H,8-9,12-15H2,1-2H3/t17-,25-/m0/s1. The zero-order valence-electron chi connectivity index (χ0n) is 17.8. The number of ether oxygens (including phenoxy) is 1. The lowest BCUT2D eigenvalue weighted by Gasteiger charge is -2.42. The molecule has 2 aromatic carbocycles. The van der Waals surface area contributed by atoms with Crippen LogP contribution in [0.5, 0.6) is 0 Å². The van der Waals surface area contributed by atoms with Crippen molar-refractivity contribution in [1.82, 2.24) is 0 Å². The fraction of sp³-hybridized carbons (Fsp3) is 0.440. The van der Waals surface area contributed by atoms with Crippen LogP contribution in [0.3, 0.4) is 0 Å². The van der Waals surface area contributed by atoms with Gasteiger partial charge in [0.15, 0.2) is 0 Å². The maximum atomic E-state index is 12.8. The van der Waals surface area contributed by atoms with Crippen molar-refractivity contribution in [3.8, 4) is 0 Å². The molecule has 2 fully saturated rings. The SMILES string of the molecule is CC(=O)N1c2ccc(N3CCOCC3)cc2C(=Nc2ccccc2)[C@H](C)[C@H]1C1CC1. The van der Waals surface area contributed by atoms with Crippen molar-refractivity contribution in [3.05, 3.63) is 54.1 Å². The summed E-state index contributed by atoms with van der Waals surface area (Å²) < 4.78 is 5.53. The molecule has 0 bridgehead atoms. The summed E-state index contributed by atoms with van der Waals surface area (Å²) in [4.78, 5) is 22.3. The topological polar surface area (TPSA) is 45.1 Å². The maximum Gasteiger partial charge on any atom is 0.224 e. The molecule has 0 unspecified atom stereocenters. The molecule has 30 heavy (non-hydrogen) atoms. The number of hydrogen-bond acceptors (Lipinski definition) is 4. The van der Waals surface area contributed by atoms with Gasteiger partial charge in [0, 0.05) is 43.2 Å². The number of carbonyl (C=O) groups excluding carboxylic acids is 1. The molecule has 0 N–H and O–H groups in total. The van der Waals surface area contributed by atoms with Gasteiger partial charge in [-0.1, -0.05) is 25.1 Å². The van der Waals surface area contributed by atoms with Crippen LogP contribution >= 0.6 is 0 Å². The first-order chi connectivity index (χ1) is 14.6. The number of hydrogen-bond donors (Lipinski definition) is 0. The second-order valence-corrected chi connectivity index (χ2v) is 8.64. The van der Waals surface area contributed by atoms with Crippen LogP contribution in [0.1, 0.15) is 32.3 Å². The molecule has 3 aliphatic rings. The molecular formula is C25H29N3O2. The first-order valence-electron chi connectivity index (χ1n) is 11.0. The van der Waals surface area contributed by atoms with Gasteiger partial charge in [-0.05, 0) is 49.1 Å². The van der Waals surface area contributed by atoms with Crippen molar-refractivity contribution in [2.45, 2.75) is 32.7 Å². The third-order valence-corrected chi connectivity index (χ3v) is 6.58. The minimum Gasteiger partial charge on any atom is -0.378 e. The number of benzene rings is 2. The maximum absolute atomic E-state index is 12.8. The number of nitrogens with zero attached hydrogens (tertiary/aromatic N) is 3. The number of amides is 1. The summed E-state index contributed by atoms with van der Waals surface area (Å²) in [5.41, 5.74) is 5.33. The molecule has 5 rings (SSSR count). The fourth-order valence-electron chi connectivity index (χ4n) is 4.99. The number of fused-ring (bicyclic) bond motifs is 1. The number of anilines is 2. The number of rotatable bonds is 3. The first kappa shape index (κ1) is 19.3. The van der Waals surface area contributed by atoms with Crippen LogP contribution in [0.2, 0.25) is 0 Å². The van der Waals surface area contributed by atoms with Crippen LogP contribution < -0.4 is 9.80 Å². The minimum absolute atomic E-state index is 0.123. The Balaban J connectivity index is 1.65. The van der Waals surface area contributed by atoms with Crippen LogP contribution in [-0.4, -0.2) is 44.0 Å². The molecule has 5 heteroatoms. The van der Waals surface area contributed by atoms with Gasteiger partial charge >= 0.3 is 0 Å². The molecule has 5 nitrogen and oxygen atoms in total. The largest absolute Gasteiger partial charge is 0.378 e. The van der Waals surface area contributed by atoms with E-state index >= 15 is 0 Å². The summed E-state index contributed by atoms with van der Waals surface area (Å²) in [7, 11) is 0. The highest BCUT2D eigenvalue weighted by molar-refractivity contribution is 6.14. The molecule has 0 aromatic heterocycles. The lowest BCUT2D eigenvalue weighted by atomic mass is 9.82. The number of aliphatic imine (C=N–C) groups is 1. The van der Waals surface area contributed by atoms with Crippen molar-refractivity contribution >= 4 is 28.7 Å². The van der Waals surface area contributed by atoms with Crippen molar-refractivity contribution in [3.63, 3.8) is 0 Å². The third kappa shape index (κ3) is 3.52. The zero-order valence-corrected chi connectivity index (χ0v) is 17.8. The van der Waals surface area contributed by atoms with E-state index in [1.807, 2.05) is 23.1 Å². The monoisotopic (exact) mass is 403 g/mol. The molecule has 2 aromatic rings. The van der Waals surface area contributed by atoms with E-state index in [0.29, 0.717) is 5.92 Å². The summed E-state index contributed by atoms with van der Waals surface area (Å²) in [5.74, 6) is 0.879. The molecule has 1 aliphatic carbocycles. The van der Waals surface area contributed by atoms with Gasteiger partial charge in [0.1, 0.15) is 0 Å². The predicted octanol–water partition coefficient (Wildman–Crippen LogP) is 4.43. The van der Waals surface area contributed by atoms with E-state index < -0.39 is 0 Å². The Hall–Kier alpha value is -2.66. The van der Waals surface area contributed by atoms with Crippen molar-refractivity contribution in [2.75, 3.05) is 36.1 Å². The van der Waals surface area contributed by atoms with Crippen molar-refractivity contribution in [2.24, 2.45) is 16.8 Å². The first-order valence-corrected chi connectivity index (χ1v) is 11.0. The second kappa shape index (κ2) is 7.88. The lowest BCUT2D eigenvalue weighted by Crippen LogP contribution is -2.51. The van der Waals surface area contributed by atoms with Gasteiger partial charge < -0.3 is 14.5 Å². The van der Waals surface area contributed by atoms with E-state index in [1.165, 1.54) is 18.5 Å². The minimum atomic E-state index is 0.123. The summed E-state index contributed by atoms with van der Waals surface area (Å²) in [6.07, 6.45) is 2.39. The average Bonchev–Trinajstić information content (AvgIpc) is 3.61. The van der Waals surface area contributed by atoms with E-state index in [1.54, 1.807) is 6.92 Å². The van der Waals surface area contributed by atoms with Gasteiger partial charge in [-0.25, -0.2) is 0 Å². The summed E-state index contributed by atoms with van der Waals surface area (Å²) >= 11 is 0. The van der Waals surface area contributed by atoms with Gasteiger partial charge in [0.25, 0.3) is 0 Å². The van der Waals surface area contributed by atoms with Gasteiger partial charge in [-0.15, -0.1) is 0 Å². The Morgan fingerprint density at radius 3 is 2.47 bits per heavy atom. The Morgan fingerprint density at radius 1 is 1.07 bits per heavy atom. The van der Waals surface area contributed by atoms with Crippen LogP contribution in [0.4, 0.5) is 17.1 Å². The van der Waals surface area contributed by atoms with E-state index in [9.17, 15) is 4.79 Å². The molecule has 2 aliphatic heterocycles. The molecular weight excluding hydrogens is 374 g/mol. The van der Waals surface area contributed by atoms with E-state index in [2.05, 4.69) is 42.2 Å². The van der Waals surface area contributed by atoms with Crippen LogP contribution in [0.25, 0.3) is 0 Å². The van der Waals surface area contributed by atoms with Gasteiger partial charge in [-0.3, -0.25) is 9.79 Å². The highest BCUT2D eigenvalue weighted by Gasteiger charge is 2.46. The Kier molecular flexibility index (Phi) is 5.07. The summed E-state index contributed by atoms with van der Waals surface area (Å²) in [5, 5.41) is 0. The molecule has 0 radical (unpaired) electrons. The van der Waals surface area contributed by atoms with E-state index in [0.717, 1.165) is 49.0 Å². The summed E-state index contributed by atoms with van der Waals surface area (Å²) in [6.45, 7) is 7.22. The highest BCUT2D eigenvalue weighted by atomic mass is 16.5. The number of carbonyl (C=O) groups is 1. The van der Waals surface area contributed by atoms with Crippen molar-refractivity contribution < 1.29 is 9.53 Å². The predicted molar refractivity (Wildman–Crippen MR) is 121 cm³/mol. The smallest absolute Gasteiger partial charge is 0.224 e. The number of morpholine rings is 1. The quantitative estimate of drug-likeness (QED) is 0.762. The zero-order chi connectivity index (χ0) is 20.7. The fourth-order valence-corrected chi connectivity index (χ4v) is 4.99. The lowest BCUT2D eigenvalue weighted by molar-refractivity contribution is -0.117. The third-order valence-electron chi connectivity index (χ3n) is 6.58. The summed E-state index contributed by atoms with van der Waals surface area (Å²) in [6, 6.07) is 16.9.